The van der Waals surface area contributed by atoms with E-state index in [9.17, 15) is 23.1 Å². The second-order valence-electron chi connectivity index (χ2n) is 3.68. The number of nitrogens with one attached hydrogen (secondary N) is 1. The average molecular weight is 279 g/mol. The summed E-state index contributed by atoms with van der Waals surface area (Å²) in [6.45, 7) is -0.204. The van der Waals surface area contributed by atoms with Gasteiger partial charge in [-0.15, -0.1) is 13.2 Å². The van der Waals surface area contributed by atoms with Gasteiger partial charge in [-0.05, 0) is 12.1 Å². The second kappa shape index (κ2) is 6.28. The lowest BCUT2D eigenvalue weighted by Crippen LogP contribution is -2.23. The van der Waals surface area contributed by atoms with Gasteiger partial charge in [0.25, 0.3) is 0 Å². The van der Waals surface area contributed by atoms with Crippen LogP contribution in [0.15, 0.2) is 24.3 Å². The van der Waals surface area contributed by atoms with Gasteiger partial charge in [0.1, 0.15) is 0 Å². The maximum atomic E-state index is 12.1. The fraction of sp³-hybridized carbons (Fsp3) is 0.364. The number of ether oxygens (including phenoxy) is 1. The molecule has 3 N–H and O–H groups in total. The van der Waals surface area contributed by atoms with Crippen molar-refractivity contribution in [1.29, 1.82) is 0 Å². The molecule has 106 valence electrons. The van der Waals surface area contributed by atoms with Crippen molar-refractivity contribution in [3.05, 3.63) is 24.3 Å². The minimum absolute atomic E-state index is 0.0178. The van der Waals surface area contributed by atoms with Gasteiger partial charge < -0.3 is 20.3 Å². The van der Waals surface area contributed by atoms with Gasteiger partial charge in [-0.3, -0.25) is 4.79 Å². The average Bonchev–Trinajstić information content (AvgIpc) is 2.25. The van der Waals surface area contributed by atoms with Gasteiger partial charge >= 0.3 is 12.3 Å². The minimum atomic E-state index is -4.82. The van der Waals surface area contributed by atoms with Crippen LogP contribution in [0.4, 0.5) is 18.9 Å². The summed E-state index contributed by atoms with van der Waals surface area (Å²) < 4.78 is 40.1. The highest BCUT2D eigenvalue weighted by molar-refractivity contribution is 5.67. The van der Waals surface area contributed by atoms with Crippen LogP contribution in [0.3, 0.4) is 0 Å². The molecule has 0 saturated heterocycles. The van der Waals surface area contributed by atoms with Crippen LogP contribution in [0.2, 0.25) is 0 Å². The lowest BCUT2D eigenvalue weighted by molar-refractivity contribution is -0.274. The van der Waals surface area contributed by atoms with E-state index in [4.69, 9.17) is 5.11 Å². The third-order valence-corrected chi connectivity index (χ3v) is 2.05. The number of aliphatic hydroxyl groups excluding tert-OH is 1. The number of carboxylic acids is 1. The van der Waals surface area contributed by atoms with Crippen LogP contribution in [0.1, 0.15) is 6.42 Å². The van der Waals surface area contributed by atoms with E-state index in [1.54, 1.807) is 0 Å². The van der Waals surface area contributed by atoms with Gasteiger partial charge in [0.05, 0.1) is 18.2 Å². The minimum Gasteiger partial charge on any atom is -0.481 e. The Kier molecular flexibility index (Phi) is 4.99. The maximum Gasteiger partial charge on any atom is 0.573 e. The summed E-state index contributed by atoms with van der Waals surface area (Å²) in [4.78, 5) is 10.3. The first-order valence-electron chi connectivity index (χ1n) is 5.26. The van der Waals surface area contributed by atoms with Crippen molar-refractivity contribution in [2.24, 2.45) is 0 Å². The molecule has 8 heteroatoms. The predicted molar refractivity (Wildman–Crippen MR) is 59.9 cm³/mol. The summed E-state index contributed by atoms with van der Waals surface area (Å²) >= 11 is 0. The van der Waals surface area contributed by atoms with E-state index in [1.165, 1.54) is 18.2 Å². The van der Waals surface area contributed by atoms with Crippen LogP contribution in [-0.4, -0.2) is 35.2 Å². The maximum absolute atomic E-state index is 12.1. The highest BCUT2D eigenvalue weighted by Crippen LogP contribution is 2.29. The normalized spacial score (nSPS) is 12.8. The molecular formula is C11H12F3NO4. The SMILES string of the molecule is O=C(O)CC(O)CNc1ccccc1OC(F)(F)F. The van der Waals surface area contributed by atoms with Crippen molar-refractivity contribution in [2.45, 2.75) is 18.9 Å². The first kappa shape index (κ1) is 15.1. The van der Waals surface area contributed by atoms with E-state index in [0.717, 1.165) is 6.07 Å². The summed E-state index contributed by atoms with van der Waals surface area (Å²) in [7, 11) is 0. The van der Waals surface area contributed by atoms with Gasteiger partial charge in [0.15, 0.2) is 5.75 Å². The molecule has 0 aliphatic rings. The highest BCUT2D eigenvalue weighted by Gasteiger charge is 2.32. The van der Waals surface area contributed by atoms with E-state index in [2.05, 4.69) is 10.1 Å². The zero-order valence-electron chi connectivity index (χ0n) is 9.65. The van der Waals surface area contributed by atoms with E-state index in [1.807, 2.05) is 0 Å². The van der Waals surface area contributed by atoms with Crippen molar-refractivity contribution in [3.63, 3.8) is 0 Å². The molecule has 0 bridgehead atoms. The molecule has 0 heterocycles. The van der Waals surface area contributed by atoms with Crippen LogP contribution in [0, 0.1) is 0 Å². The molecule has 0 saturated carbocycles. The molecular weight excluding hydrogens is 267 g/mol. The molecule has 1 rings (SSSR count). The molecule has 1 aromatic carbocycles. The Balaban J connectivity index is 2.65. The molecule has 0 fully saturated rings. The first-order chi connectivity index (χ1) is 8.78. The molecule has 1 unspecified atom stereocenters. The number of anilines is 1. The zero-order chi connectivity index (χ0) is 14.5. The number of benzene rings is 1. The lowest BCUT2D eigenvalue weighted by atomic mass is 10.2. The Morgan fingerprint density at radius 2 is 2.00 bits per heavy atom. The molecule has 19 heavy (non-hydrogen) atoms. The second-order valence-corrected chi connectivity index (χ2v) is 3.68. The van der Waals surface area contributed by atoms with Crippen molar-refractivity contribution in [3.8, 4) is 5.75 Å². The van der Waals surface area contributed by atoms with Gasteiger partial charge in [-0.25, -0.2) is 0 Å². The topological polar surface area (TPSA) is 78.8 Å². The number of carboxylic acid groups (broad SMARTS) is 1. The van der Waals surface area contributed by atoms with E-state index in [0.29, 0.717) is 0 Å². The molecule has 0 aliphatic heterocycles. The molecule has 0 spiro atoms. The predicted octanol–water partition coefficient (Wildman–Crippen LogP) is 1.83. The Hall–Kier alpha value is -1.96. The van der Waals surface area contributed by atoms with E-state index in [-0.39, 0.29) is 12.2 Å². The smallest absolute Gasteiger partial charge is 0.481 e. The Bertz CT molecular complexity index is 436. The van der Waals surface area contributed by atoms with Crippen molar-refractivity contribution in [2.75, 3.05) is 11.9 Å². The number of carbonyl (C=O) groups is 1. The lowest BCUT2D eigenvalue weighted by Gasteiger charge is -2.15. The van der Waals surface area contributed by atoms with E-state index >= 15 is 0 Å². The Morgan fingerprint density at radius 3 is 2.58 bits per heavy atom. The zero-order valence-corrected chi connectivity index (χ0v) is 9.65. The molecule has 1 aromatic rings. The van der Waals surface area contributed by atoms with Gasteiger partial charge in [0.2, 0.25) is 0 Å². The quantitative estimate of drug-likeness (QED) is 0.740. The summed E-state index contributed by atoms with van der Waals surface area (Å²) in [5.74, 6) is -1.65. The summed E-state index contributed by atoms with van der Waals surface area (Å²) in [6, 6.07) is 5.28. The van der Waals surface area contributed by atoms with E-state index < -0.39 is 30.6 Å². The van der Waals surface area contributed by atoms with Crippen LogP contribution < -0.4 is 10.1 Å². The fourth-order valence-corrected chi connectivity index (χ4v) is 1.33. The third kappa shape index (κ3) is 5.96. The number of para-hydroxylation sites is 2. The van der Waals surface area contributed by atoms with Crippen LogP contribution in [0.5, 0.6) is 5.75 Å². The van der Waals surface area contributed by atoms with Crippen molar-refractivity contribution < 1.29 is 32.9 Å². The number of hydrogen-bond acceptors (Lipinski definition) is 4. The van der Waals surface area contributed by atoms with Gasteiger partial charge in [-0.1, -0.05) is 12.1 Å². The Morgan fingerprint density at radius 1 is 1.37 bits per heavy atom. The van der Waals surface area contributed by atoms with Crippen molar-refractivity contribution >= 4 is 11.7 Å². The molecule has 1 atom stereocenters. The van der Waals surface area contributed by atoms with Crippen LogP contribution in [0.25, 0.3) is 0 Å². The van der Waals surface area contributed by atoms with Crippen LogP contribution in [-0.2, 0) is 4.79 Å². The monoisotopic (exact) mass is 279 g/mol. The van der Waals surface area contributed by atoms with Gasteiger partial charge in [-0.2, -0.15) is 0 Å². The largest absolute Gasteiger partial charge is 0.573 e. The number of rotatable bonds is 6. The number of alkyl halides is 3. The van der Waals surface area contributed by atoms with Crippen LogP contribution >= 0.6 is 0 Å². The highest BCUT2D eigenvalue weighted by atomic mass is 19.4. The van der Waals surface area contributed by atoms with Crippen molar-refractivity contribution in [1.82, 2.24) is 0 Å². The molecule has 0 radical (unpaired) electrons. The van der Waals surface area contributed by atoms with Gasteiger partial charge in [0, 0.05) is 6.54 Å². The molecule has 0 aromatic heterocycles. The Labute approximate surface area is 106 Å². The first-order valence-corrected chi connectivity index (χ1v) is 5.26. The standard InChI is InChI=1S/C11H12F3NO4/c12-11(13,14)19-9-4-2-1-3-8(9)15-6-7(16)5-10(17)18/h1-4,7,15-16H,5-6H2,(H,17,18). The summed E-state index contributed by atoms with van der Waals surface area (Å²) in [5, 5.41) is 20.2. The summed E-state index contributed by atoms with van der Waals surface area (Å²) in [5.41, 5.74) is 0.0178. The molecule has 0 amide bonds. The third-order valence-electron chi connectivity index (χ3n) is 2.05. The fourth-order valence-electron chi connectivity index (χ4n) is 1.33. The molecule has 5 nitrogen and oxygen atoms in total. The number of aliphatic hydroxyl groups is 1. The number of aliphatic carboxylic acids is 1. The number of halogens is 3. The summed E-state index contributed by atoms with van der Waals surface area (Å²) in [6.07, 6.45) is -6.54. The number of hydrogen-bond donors (Lipinski definition) is 3. The molecule has 0 aliphatic carbocycles.